The van der Waals surface area contributed by atoms with Crippen molar-refractivity contribution in [1.82, 2.24) is 15.3 Å². The van der Waals surface area contributed by atoms with E-state index in [9.17, 15) is 9.59 Å². The summed E-state index contributed by atoms with van der Waals surface area (Å²) in [7, 11) is 3.38. The average molecular weight is 217 g/mol. The fourth-order valence-corrected chi connectivity index (χ4v) is 0.917. The molecule has 1 aliphatic rings. The standard InChI is InChI=1S/C6H12N2O2.C3H7NO/c1-6(9)10-8-4-2-7-3-5-8;1-4(2)3-5/h7H,2-5H2,1H3;3H,1-2H3. The molecule has 0 aromatic rings. The highest BCUT2D eigenvalue weighted by molar-refractivity contribution is 5.65. The first-order valence-electron chi connectivity index (χ1n) is 4.82. The lowest BCUT2D eigenvalue weighted by Crippen LogP contribution is -2.43. The molecule has 1 amide bonds. The Morgan fingerprint density at radius 3 is 2.20 bits per heavy atom. The second kappa shape index (κ2) is 8.19. The van der Waals surface area contributed by atoms with Gasteiger partial charge in [-0.2, -0.15) is 0 Å². The fraction of sp³-hybridized carbons (Fsp3) is 0.778. The smallest absolute Gasteiger partial charge is 0.322 e. The van der Waals surface area contributed by atoms with Gasteiger partial charge in [0, 0.05) is 47.2 Å². The molecule has 1 N–H and O–H groups in total. The molecule has 15 heavy (non-hydrogen) atoms. The summed E-state index contributed by atoms with van der Waals surface area (Å²) in [6, 6.07) is 0. The second-order valence-corrected chi connectivity index (χ2v) is 3.33. The van der Waals surface area contributed by atoms with E-state index in [-0.39, 0.29) is 5.97 Å². The summed E-state index contributed by atoms with van der Waals surface area (Å²) in [6.45, 7) is 4.79. The number of hydroxylamine groups is 2. The van der Waals surface area contributed by atoms with E-state index in [1.165, 1.54) is 11.8 Å². The first kappa shape index (κ1) is 13.9. The second-order valence-electron chi connectivity index (χ2n) is 3.33. The number of piperazine rings is 1. The van der Waals surface area contributed by atoms with E-state index >= 15 is 0 Å². The fourth-order valence-electron chi connectivity index (χ4n) is 0.917. The number of amides is 1. The van der Waals surface area contributed by atoms with Crippen LogP contribution in [-0.4, -0.2) is 62.6 Å². The predicted octanol–water partition coefficient (Wildman–Crippen LogP) is -0.926. The van der Waals surface area contributed by atoms with Crippen molar-refractivity contribution in [3.63, 3.8) is 0 Å². The minimum atomic E-state index is -0.234. The number of hydrogen-bond acceptors (Lipinski definition) is 5. The molecule has 0 unspecified atom stereocenters. The van der Waals surface area contributed by atoms with Gasteiger partial charge in [-0.15, -0.1) is 5.06 Å². The summed E-state index contributed by atoms with van der Waals surface area (Å²) >= 11 is 0. The van der Waals surface area contributed by atoms with Crippen molar-refractivity contribution in [3.05, 3.63) is 0 Å². The van der Waals surface area contributed by atoms with E-state index in [1.54, 1.807) is 19.2 Å². The SMILES string of the molecule is CC(=O)ON1CCNCC1.CN(C)C=O. The molecule has 0 radical (unpaired) electrons. The van der Waals surface area contributed by atoms with Crippen LogP contribution in [0.15, 0.2) is 0 Å². The summed E-state index contributed by atoms with van der Waals surface area (Å²) in [4.78, 5) is 26.1. The Morgan fingerprint density at radius 2 is 1.87 bits per heavy atom. The first-order chi connectivity index (χ1) is 7.06. The first-order valence-corrected chi connectivity index (χ1v) is 4.82. The molecule has 0 aromatic heterocycles. The lowest BCUT2D eigenvalue weighted by atomic mass is 10.4. The topological polar surface area (TPSA) is 61.9 Å². The number of nitrogens with zero attached hydrogens (tertiary/aromatic N) is 2. The van der Waals surface area contributed by atoms with Crippen molar-refractivity contribution in [2.24, 2.45) is 0 Å². The van der Waals surface area contributed by atoms with Crippen molar-refractivity contribution >= 4 is 12.4 Å². The highest BCUT2D eigenvalue weighted by Gasteiger charge is 2.11. The van der Waals surface area contributed by atoms with Crippen LogP contribution in [-0.2, 0) is 14.4 Å². The van der Waals surface area contributed by atoms with Crippen LogP contribution in [0.2, 0.25) is 0 Å². The Morgan fingerprint density at radius 1 is 1.40 bits per heavy atom. The van der Waals surface area contributed by atoms with Crippen LogP contribution in [0.1, 0.15) is 6.92 Å². The minimum absolute atomic E-state index is 0.234. The van der Waals surface area contributed by atoms with Crippen LogP contribution in [0.3, 0.4) is 0 Å². The molecule has 0 saturated carbocycles. The maximum Gasteiger partial charge on any atom is 0.322 e. The van der Waals surface area contributed by atoms with E-state index < -0.39 is 0 Å². The van der Waals surface area contributed by atoms with Gasteiger partial charge < -0.3 is 15.1 Å². The minimum Gasteiger partial charge on any atom is -0.368 e. The summed E-state index contributed by atoms with van der Waals surface area (Å²) in [5.74, 6) is -0.234. The largest absolute Gasteiger partial charge is 0.368 e. The molecule has 0 atom stereocenters. The molecule has 1 rings (SSSR count). The maximum absolute atomic E-state index is 10.4. The zero-order valence-corrected chi connectivity index (χ0v) is 9.52. The number of carbonyl (C=O) groups is 2. The third kappa shape index (κ3) is 9.17. The van der Waals surface area contributed by atoms with Gasteiger partial charge in [0.2, 0.25) is 6.41 Å². The van der Waals surface area contributed by atoms with Crippen molar-refractivity contribution in [3.8, 4) is 0 Å². The molecule has 0 aromatic carbocycles. The number of nitrogens with one attached hydrogen (secondary N) is 1. The molecule has 1 heterocycles. The van der Waals surface area contributed by atoms with Gasteiger partial charge in [-0.1, -0.05) is 0 Å². The third-order valence-corrected chi connectivity index (χ3v) is 1.54. The quantitative estimate of drug-likeness (QED) is 0.606. The molecule has 0 spiro atoms. The highest BCUT2D eigenvalue weighted by Crippen LogP contribution is 1.92. The molecule has 1 fully saturated rings. The molecule has 6 heteroatoms. The Kier molecular flexibility index (Phi) is 7.57. The van der Waals surface area contributed by atoms with Gasteiger partial charge in [0.25, 0.3) is 0 Å². The number of hydrogen-bond donors (Lipinski definition) is 1. The van der Waals surface area contributed by atoms with Crippen molar-refractivity contribution < 1.29 is 14.4 Å². The number of carbonyl (C=O) groups excluding carboxylic acids is 2. The van der Waals surface area contributed by atoms with Gasteiger partial charge >= 0.3 is 5.97 Å². The zero-order chi connectivity index (χ0) is 11.7. The van der Waals surface area contributed by atoms with E-state index in [0.717, 1.165) is 32.6 Å². The normalized spacial score (nSPS) is 15.9. The van der Waals surface area contributed by atoms with Gasteiger partial charge in [-0.25, -0.2) is 0 Å². The van der Waals surface area contributed by atoms with Crippen LogP contribution < -0.4 is 5.32 Å². The van der Waals surface area contributed by atoms with Gasteiger partial charge in [-0.05, 0) is 0 Å². The summed E-state index contributed by atoms with van der Waals surface area (Å²) in [6.07, 6.45) is 0.750. The third-order valence-electron chi connectivity index (χ3n) is 1.54. The van der Waals surface area contributed by atoms with Crippen molar-refractivity contribution in [2.45, 2.75) is 6.92 Å². The average Bonchev–Trinajstić information content (AvgIpc) is 2.19. The van der Waals surface area contributed by atoms with Gasteiger partial charge in [0.1, 0.15) is 0 Å². The Hall–Kier alpha value is -1.14. The van der Waals surface area contributed by atoms with Crippen LogP contribution >= 0.6 is 0 Å². The van der Waals surface area contributed by atoms with E-state index in [4.69, 9.17) is 4.84 Å². The molecule has 0 bridgehead atoms. The Bertz CT molecular complexity index is 191. The molecular weight excluding hydrogens is 198 g/mol. The Balaban J connectivity index is 0.000000336. The lowest BCUT2D eigenvalue weighted by molar-refractivity contribution is -0.189. The van der Waals surface area contributed by atoms with Crippen LogP contribution in [0.4, 0.5) is 0 Å². The van der Waals surface area contributed by atoms with Gasteiger partial charge in [0.15, 0.2) is 0 Å². The summed E-state index contributed by atoms with van der Waals surface area (Å²) in [5.41, 5.74) is 0. The lowest BCUT2D eigenvalue weighted by Gasteiger charge is -2.24. The van der Waals surface area contributed by atoms with E-state index in [1.807, 2.05) is 0 Å². The van der Waals surface area contributed by atoms with Crippen molar-refractivity contribution in [2.75, 3.05) is 40.3 Å². The van der Waals surface area contributed by atoms with E-state index in [2.05, 4.69) is 5.32 Å². The molecule has 1 saturated heterocycles. The predicted molar refractivity (Wildman–Crippen MR) is 56.0 cm³/mol. The number of rotatable bonds is 2. The molecule has 0 aliphatic carbocycles. The van der Waals surface area contributed by atoms with Gasteiger partial charge in [-0.3, -0.25) is 9.59 Å². The monoisotopic (exact) mass is 217 g/mol. The molecular formula is C9H19N3O3. The molecule has 88 valence electrons. The molecule has 1 aliphatic heterocycles. The van der Waals surface area contributed by atoms with Crippen molar-refractivity contribution in [1.29, 1.82) is 0 Å². The van der Waals surface area contributed by atoms with Crippen LogP contribution in [0.5, 0.6) is 0 Å². The van der Waals surface area contributed by atoms with E-state index in [0.29, 0.717) is 0 Å². The van der Waals surface area contributed by atoms with Crippen LogP contribution in [0.25, 0.3) is 0 Å². The molecule has 6 nitrogen and oxygen atoms in total. The van der Waals surface area contributed by atoms with Crippen LogP contribution in [0, 0.1) is 0 Å². The van der Waals surface area contributed by atoms with Gasteiger partial charge in [0.05, 0.1) is 0 Å². The summed E-state index contributed by atoms with van der Waals surface area (Å²) < 4.78 is 0. The zero-order valence-electron chi connectivity index (χ0n) is 9.52. The Labute approximate surface area is 90.1 Å². The highest BCUT2D eigenvalue weighted by atomic mass is 16.7. The maximum atomic E-state index is 10.4. The summed E-state index contributed by atoms with van der Waals surface area (Å²) in [5, 5.41) is 4.83.